The second kappa shape index (κ2) is 5.10. The van der Waals surface area contributed by atoms with Gasteiger partial charge >= 0.3 is 5.97 Å². The summed E-state index contributed by atoms with van der Waals surface area (Å²) in [6.07, 6.45) is 6.88. The molecule has 3 unspecified atom stereocenters. The van der Waals surface area contributed by atoms with Gasteiger partial charge in [-0.3, -0.25) is 9.59 Å². The van der Waals surface area contributed by atoms with Crippen LogP contribution < -0.4 is 10.6 Å². The van der Waals surface area contributed by atoms with Gasteiger partial charge in [0.25, 0.3) is 0 Å². The number of carboxylic acids is 1. The van der Waals surface area contributed by atoms with E-state index in [0.717, 1.165) is 25.8 Å². The summed E-state index contributed by atoms with van der Waals surface area (Å²) in [6.45, 7) is 2.77. The lowest BCUT2D eigenvalue weighted by molar-refractivity contribution is -0.140. The van der Waals surface area contributed by atoms with Gasteiger partial charge in [-0.2, -0.15) is 0 Å². The SMILES string of the molecule is CC1(C(=O)NC2C=CC(C(=O)O)C2)CCCCN1. The van der Waals surface area contributed by atoms with Gasteiger partial charge in [-0.15, -0.1) is 0 Å². The summed E-state index contributed by atoms with van der Waals surface area (Å²) in [4.78, 5) is 23.0. The van der Waals surface area contributed by atoms with Crippen LogP contribution in [0.2, 0.25) is 0 Å². The molecular weight excluding hydrogens is 232 g/mol. The second-order valence-electron chi connectivity index (χ2n) is 5.36. The van der Waals surface area contributed by atoms with Crippen LogP contribution >= 0.6 is 0 Å². The first-order chi connectivity index (χ1) is 8.51. The molecule has 1 fully saturated rings. The fraction of sp³-hybridized carbons (Fsp3) is 0.692. The minimum Gasteiger partial charge on any atom is -0.481 e. The average Bonchev–Trinajstić information content (AvgIpc) is 2.78. The van der Waals surface area contributed by atoms with Crippen molar-refractivity contribution in [2.24, 2.45) is 5.92 Å². The van der Waals surface area contributed by atoms with Gasteiger partial charge in [0, 0.05) is 6.04 Å². The van der Waals surface area contributed by atoms with E-state index in [9.17, 15) is 9.59 Å². The molecule has 0 aromatic heterocycles. The Morgan fingerprint density at radius 3 is 2.72 bits per heavy atom. The van der Waals surface area contributed by atoms with Crippen LogP contribution in [-0.2, 0) is 9.59 Å². The molecule has 5 heteroatoms. The Bertz CT molecular complexity index is 372. The lowest BCUT2D eigenvalue weighted by Crippen LogP contribution is -2.58. The molecule has 2 aliphatic rings. The predicted octanol–water partition coefficient (Wildman–Crippen LogP) is 0.664. The molecule has 1 saturated heterocycles. The van der Waals surface area contributed by atoms with Gasteiger partial charge < -0.3 is 15.7 Å². The molecule has 0 spiro atoms. The number of rotatable bonds is 3. The topological polar surface area (TPSA) is 78.4 Å². The number of amides is 1. The van der Waals surface area contributed by atoms with Crippen molar-refractivity contribution in [3.8, 4) is 0 Å². The summed E-state index contributed by atoms with van der Waals surface area (Å²) in [5.74, 6) is -1.32. The first kappa shape index (κ1) is 13.1. The number of carboxylic acid groups (broad SMARTS) is 1. The summed E-state index contributed by atoms with van der Waals surface area (Å²) in [6, 6.07) is -0.154. The molecule has 3 N–H and O–H groups in total. The Labute approximate surface area is 107 Å². The number of carbonyl (C=O) groups is 2. The first-order valence-electron chi connectivity index (χ1n) is 6.48. The molecule has 3 atom stereocenters. The molecule has 0 bridgehead atoms. The van der Waals surface area contributed by atoms with Crippen LogP contribution in [-0.4, -0.2) is 35.1 Å². The molecule has 1 aliphatic carbocycles. The van der Waals surface area contributed by atoms with Gasteiger partial charge in [0.15, 0.2) is 0 Å². The van der Waals surface area contributed by atoms with E-state index in [1.54, 1.807) is 12.2 Å². The Hall–Kier alpha value is -1.36. The van der Waals surface area contributed by atoms with Gasteiger partial charge in [0.2, 0.25) is 5.91 Å². The summed E-state index contributed by atoms with van der Waals surface area (Å²) in [5, 5.41) is 15.1. The zero-order chi connectivity index (χ0) is 13.2. The van der Waals surface area contributed by atoms with Crippen molar-refractivity contribution in [3.63, 3.8) is 0 Å². The highest BCUT2D eigenvalue weighted by Crippen LogP contribution is 2.22. The minimum atomic E-state index is -0.829. The van der Waals surface area contributed by atoms with Crippen molar-refractivity contribution in [1.82, 2.24) is 10.6 Å². The summed E-state index contributed by atoms with van der Waals surface area (Å²) in [5.41, 5.74) is -0.507. The van der Waals surface area contributed by atoms with E-state index in [-0.39, 0.29) is 11.9 Å². The third kappa shape index (κ3) is 2.72. The zero-order valence-corrected chi connectivity index (χ0v) is 10.6. The molecule has 18 heavy (non-hydrogen) atoms. The van der Waals surface area contributed by atoms with E-state index < -0.39 is 17.4 Å². The first-order valence-corrected chi connectivity index (χ1v) is 6.48. The van der Waals surface area contributed by atoms with Crippen molar-refractivity contribution >= 4 is 11.9 Å². The van der Waals surface area contributed by atoms with Gasteiger partial charge in [-0.05, 0) is 39.2 Å². The van der Waals surface area contributed by atoms with Gasteiger partial charge in [-0.25, -0.2) is 0 Å². The molecule has 1 amide bonds. The van der Waals surface area contributed by atoms with Gasteiger partial charge in [0.05, 0.1) is 11.5 Å². The van der Waals surface area contributed by atoms with Crippen molar-refractivity contribution < 1.29 is 14.7 Å². The fourth-order valence-electron chi connectivity index (χ4n) is 2.57. The molecule has 0 saturated carbocycles. The summed E-state index contributed by atoms with van der Waals surface area (Å²) >= 11 is 0. The van der Waals surface area contributed by atoms with Crippen molar-refractivity contribution in [1.29, 1.82) is 0 Å². The van der Waals surface area contributed by atoms with Crippen molar-refractivity contribution in [2.45, 2.75) is 44.2 Å². The molecule has 1 aliphatic heterocycles. The van der Waals surface area contributed by atoms with Gasteiger partial charge in [-0.1, -0.05) is 12.2 Å². The number of piperidine rings is 1. The molecule has 0 aromatic rings. The average molecular weight is 252 g/mol. The molecule has 0 radical (unpaired) electrons. The van der Waals surface area contributed by atoms with E-state index >= 15 is 0 Å². The van der Waals surface area contributed by atoms with Gasteiger partial charge in [0.1, 0.15) is 0 Å². The highest BCUT2D eigenvalue weighted by molar-refractivity contribution is 5.86. The van der Waals surface area contributed by atoms with Crippen LogP contribution in [0.25, 0.3) is 0 Å². The Morgan fingerprint density at radius 2 is 2.17 bits per heavy atom. The lowest BCUT2D eigenvalue weighted by Gasteiger charge is -2.34. The van der Waals surface area contributed by atoms with E-state index in [0.29, 0.717) is 6.42 Å². The monoisotopic (exact) mass is 252 g/mol. The normalized spacial score (nSPS) is 35.4. The number of hydrogen-bond donors (Lipinski definition) is 3. The fourth-order valence-corrected chi connectivity index (χ4v) is 2.57. The Kier molecular flexibility index (Phi) is 3.71. The number of hydrogen-bond acceptors (Lipinski definition) is 3. The van der Waals surface area contributed by atoms with E-state index in [2.05, 4.69) is 10.6 Å². The predicted molar refractivity (Wildman–Crippen MR) is 67.1 cm³/mol. The highest BCUT2D eigenvalue weighted by Gasteiger charge is 2.36. The largest absolute Gasteiger partial charge is 0.481 e. The number of nitrogens with one attached hydrogen (secondary N) is 2. The van der Waals surface area contributed by atoms with Crippen LogP contribution in [0, 0.1) is 5.92 Å². The van der Waals surface area contributed by atoms with Crippen LogP contribution in [0.3, 0.4) is 0 Å². The summed E-state index contributed by atoms with van der Waals surface area (Å²) < 4.78 is 0. The van der Waals surface area contributed by atoms with E-state index in [4.69, 9.17) is 5.11 Å². The van der Waals surface area contributed by atoms with Crippen LogP contribution in [0.1, 0.15) is 32.6 Å². The molecule has 2 rings (SSSR count). The maximum Gasteiger partial charge on any atom is 0.310 e. The van der Waals surface area contributed by atoms with Crippen LogP contribution in [0.5, 0.6) is 0 Å². The minimum absolute atomic E-state index is 0.0251. The van der Waals surface area contributed by atoms with Crippen LogP contribution in [0.4, 0.5) is 0 Å². The molecule has 1 heterocycles. The molecule has 5 nitrogen and oxygen atoms in total. The highest BCUT2D eigenvalue weighted by atomic mass is 16.4. The third-order valence-corrected chi connectivity index (χ3v) is 3.84. The quantitative estimate of drug-likeness (QED) is 0.645. The van der Waals surface area contributed by atoms with E-state index in [1.165, 1.54) is 0 Å². The van der Waals surface area contributed by atoms with E-state index in [1.807, 2.05) is 6.92 Å². The Balaban J connectivity index is 1.89. The standard InChI is InChI=1S/C13H20N2O3/c1-13(6-2-3-7-14-13)12(18)15-10-5-4-9(8-10)11(16)17/h4-5,9-10,14H,2-3,6-8H2,1H3,(H,15,18)(H,16,17). The molecular formula is C13H20N2O3. The second-order valence-corrected chi connectivity index (χ2v) is 5.36. The third-order valence-electron chi connectivity index (χ3n) is 3.84. The summed E-state index contributed by atoms with van der Waals surface area (Å²) in [7, 11) is 0. The molecule has 0 aromatic carbocycles. The van der Waals surface area contributed by atoms with Crippen LogP contribution in [0.15, 0.2) is 12.2 Å². The van der Waals surface area contributed by atoms with Crippen molar-refractivity contribution in [3.05, 3.63) is 12.2 Å². The van der Waals surface area contributed by atoms with Crippen molar-refractivity contribution in [2.75, 3.05) is 6.54 Å². The zero-order valence-electron chi connectivity index (χ0n) is 10.6. The maximum absolute atomic E-state index is 12.2. The lowest BCUT2D eigenvalue weighted by atomic mass is 9.89. The number of carbonyl (C=O) groups excluding carboxylic acids is 1. The maximum atomic E-state index is 12.2. The Morgan fingerprint density at radius 1 is 1.39 bits per heavy atom. The number of aliphatic carboxylic acids is 1. The smallest absolute Gasteiger partial charge is 0.310 e. The molecule has 100 valence electrons.